The number of aromatic nitrogens is 1. The van der Waals surface area contributed by atoms with Crippen LogP contribution in [-0.2, 0) is 4.79 Å². The number of carbonyl (C=O) groups is 1. The van der Waals surface area contributed by atoms with E-state index in [0.29, 0.717) is 21.8 Å². The van der Waals surface area contributed by atoms with Crippen LogP contribution in [0.1, 0.15) is 36.1 Å². The predicted octanol–water partition coefficient (Wildman–Crippen LogP) is 3.80. The van der Waals surface area contributed by atoms with Gasteiger partial charge in [-0.2, -0.15) is 9.78 Å². The Bertz CT molecular complexity index is 1060. The molecule has 2 aliphatic rings. The van der Waals surface area contributed by atoms with Crippen molar-refractivity contribution in [2.75, 3.05) is 25.1 Å². The molecule has 0 atom stereocenters. The molecule has 1 aromatic carbocycles. The molecule has 4 rings (SSSR count). The van der Waals surface area contributed by atoms with Crippen molar-refractivity contribution < 1.29 is 9.90 Å². The van der Waals surface area contributed by atoms with E-state index in [1.54, 1.807) is 12.3 Å². The summed E-state index contributed by atoms with van der Waals surface area (Å²) in [6.07, 6.45) is 7.44. The Hall–Kier alpha value is -2.62. The molecular formula is C21H23N5O2S2. The smallest absolute Gasteiger partial charge is 0.240 e. The summed E-state index contributed by atoms with van der Waals surface area (Å²) in [4.78, 5) is 15.2. The Balaban J connectivity index is 1.46. The molecule has 2 aromatic rings. The molecule has 30 heavy (non-hydrogen) atoms. The number of nitrogens with zero attached hydrogens (tertiary/aromatic N) is 4. The monoisotopic (exact) mass is 441 g/mol. The minimum absolute atomic E-state index is 0.0865. The van der Waals surface area contributed by atoms with E-state index < -0.39 is 0 Å². The molecule has 0 aliphatic carbocycles. The van der Waals surface area contributed by atoms with Crippen molar-refractivity contribution in [1.82, 2.24) is 9.58 Å². The van der Waals surface area contributed by atoms with E-state index in [1.165, 1.54) is 35.3 Å². The van der Waals surface area contributed by atoms with Crippen LogP contribution in [0.4, 0.5) is 0 Å². The summed E-state index contributed by atoms with van der Waals surface area (Å²) < 4.78 is 1.65. The zero-order valence-electron chi connectivity index (χ0n) is 16.5. The van der Waals surface area contributed by atoms with Crippen LogP contribution in [0.25, 0.3) is 6.08 Å². The lowest BCUT2D eigenvalue weighted by Gasteiger charge is -2.25. The third-order valence-corrected chi connectivity index (χ3v) is 6.42. The third kappa shape index (κ3) is 4.75. The maximum Gasteiger partial charge on any atom is 0.240 e. The molecular weight excluding hydrogens is 418 g/mol. The zero-order chi connectivity index (χ0) is 20.9. The number of aromatic hydroxyl groups is 1. The molecule has 1 fully saturated rings. The molecule has 0 saturated carbocycles. The lowest BCUT2D eigenvalue weighted by atomic mass is 10.0. The fourth-order valence-electron chi connectivity index (χ4n) is 3.53. The molecule has 1 aromatic heterocycles. The van der Waals surface area contributed by atoms with Gasteiger partial charge in [0.25, 0.3) is 0 Å². The highest BCUT2D eigenvalue weighted by molar-refractivity contribution is 7.73. The summed E-state index contributed by atoms with van der Waals surface area (Å²) in [6.45, 7) is 2.80. The number of nitrogens with one attached hydrogen (secondary N) is 1. The van der Waals surface area contributed by atoms with Gasteiger partial charge in [0.2, 0.25) is 11.8 Å². The summed E-state index contributed by atoms with van der Waals surface area (Å²) >= 11 is 6.58. The van der Waals surface area contributed by atoms with Gasteiger partial charge in [-0.15, -0.1) is 5.10 Å². The molecule has 1 saturated heterocycles. The number of rotatable bonds is 6. The SMILES string of the molecule is O=C(CCN1CCCCC1)Nn1c(O)c(/C=C2\C=NN=C2c2ccccc2)sc1=S. The molecule has 0 unspecified atom stereocenters. The Morgan fingerprint density at radius 2 is 2.00 bits per heavy atom. The molecule has 0 bridgehead atoms. The summed E-state index contributed by atoms with van der Waals surface area (Å²) in [7, 11) is 0. The second kappa shape index (κ2) is 9.46. The zero-order valence-corrected chi connectivity index (χ0v) is 18.1. The van der Waals surface area contributed by atoms with Crippen molar-refractivity contribution in [3.05, 3.63) is 50.3 Å². The number of hydrogen-bond donors (Lipinski definition) is 2. The molecule has 7 nitrogen and oxygen atoms in total. The Kier molecular flexibility index (Phi) is 6.51. The van der Waals surface area contributed by atoms with Gasteiger partial charge in [0.1, 0.15) is 5.71 Å². The summed E-state index contributed by atoms with van der Waals surface area (Å²) in [5, 5.41) is 18.8. The normalized spacial score (nSPS) is 18.0. The van der Waals surface area contributed by atoms with E-state index in [4.69, 9.17) is 12.2 Å². The van der Waals surface area contributed by atoms with E-state index in [1.807, 2.05) is 30.3 Å². The number of hydrogen-bond acceptors (Lipinski definition) is 7. The van der Waals surface area contributed by atoms with E-state index >= 15 is 0 Å². The largest absolute Gasteiger partial charge is 0.492 e. The molecule has 0 spiro atoms. The lowest BCUT2D eigenvalue weighted by Crippen LogP contribution is -2.33. The van der Waals surface area contributed by atoms with Crippen molar-refractivity contribution in [2.24, 2.45) is 10.2 Å². The minimum atomic E-state index is -0.169. The number of allylic oxidation sites excluding steroid dienone is 1. The molecule has 3 heterocycles. The van der Waals surface area contributed by atoms with E-state index in [0.717, 1.165) is 29.9 Å². The maximum absolute atomic E-state index is 12.4. The minimum Gasteiger partial charge on any atom is -0.492 e. The van der Waals surface area contributed by atoms with E-state index in [9.17, 15) is 9.90 Å². The number of benzene rings is 1. The van der Waals surface area contributed by atoms with Gasteiger partial charge in [-0.25, -0.2) is 0 Å². The summed E-state index contributed by atoms with van der Waals surface area (Å²) in [5.41, 5.74) is 5.16. The van der Waals surface area contributed by atoms with Crippen LogP contribution in [-0.4, -0.2) is 52.2 Å². The Morgan fingerprint density at radius 3 is 2.77 bits per heavy atom. The van der Waals surface area contributed by atoms with Gasteiger partial charge >= 0.3 is 0 Å². The Labute approximate surface area is 184 Å². The number of likely N-dealkylation sites (tertiary alicyclic amines) is 1. The van der Waals surface area contributed by atoms with Gasteiger partial charge in [-0.3, -0.25) is 10.2 Å². The van der Waals surface area contributed by atoms with Crippen LogP contribution in [0.5, 0.6) is 5.88 Å². The van der Waals surface area contributed by atoms with Crippen molar-refractivity contribution in [3.63, 3.8) is 0 Å². The fourth-order valence-corrected chi connectivity index (χ4v) is 4.71. The van der Waals surface area contributed by atoms with Crippen LogP contribution < -0.4 is 5.43 Å². The van der Waals surface area contributed by atoms with Crippen molar-refractivity contribution in [2.45, 2.75) is 25.7 Å². The van der Waals surface area contributed by atoms with Crippen molar-refractivity contribution in [1.29, 1.82) is 0 Å². The maximum atomic E-state index is 12.4. The second-order valence-corrected chi connectivity index (χ2v) is 8.91. The van der Waals surface area contributed by atoms with E-state index in [-0.39, 0.29) is 11.8 Å². The average Bonchev–Trinajstić information content (AvgIpc) is 3.34. The van der Waals surface area contributed by atoms with Gasteiger partial charge in [0, 0.05) is 24.1 Å². The van der Waals surface area contributed by atoms with Crippen LogP contribution in [0.15, 0.2) is 46.1 Å². The standard InChI is InChI=1S/C21H23N5O2S2/c27-18(9-12-25-10-5-2-6-11-25)24-26-20(28)17(30-21(26)29)13-16-14-22-23-19(16)15-7-3-1-4-8-15/h1,3-4,7-8,13-14,28H,2,5-6,9-12H2,(H,24,27)/b16-13+. The van der Waals surface area contributed by atoms with Gasteiger partial charge in [0.05, 0.1) is 11.1 Å². The van der Waals surface area contributed by atoms with Crippen LogP contribution in [0, 0.1) is 3.95 Å². The summed E-state index contributed by atoms with van der Waals surface area (Å²) in [6, 6.07) is 9.72. The lowest BCUT2D eigenvalue weighted by molar-refractivity contribution is -0.117. The van der Waals surface area contributed by atoms with Crippen LogP contribution >= 0.6 is 23.6 Å². The Morgan fingerprint density at radius 1 is 1.23 bits per heavy atom. The number of piperidine rings is 1. The summed E-state index contributed by atoms with van der Waals surface area (Å²) in [5.74, 6) is -0.255. The van der Waals surface area contributed by atoms with Gasteiger partial charge < -0.3 is 10.0 Å². The second-order valence-electron chi connectivity index (χ2n) is 7.24. The highest BCUT2D eigenvalue weighted by atomic mass is 32.1. The first-order valence-corrected chi connectivity index (χ1v) is 11.2. The molecule has 2 N–H and O–H groups in total. The molecule has 1 amide bonds. The number of amides is 1. The quantitative estimate of drug-likeness (QED) is 0.668. The van der Waals surface area contributed by atoms with Gasteiger partial charge in [0.15, 0.2) is 3.95 Å². The highest BCUT2D eigenvalue weighted by Gasteiger charge is 2.18. The average molecular weight is 442 g/mol. The topological polar surface area (TPSA) is 82.2 Å². The first-order chi connectivity index (χ1) is 14.6. The first kappa shape index (κ1) is 20.6. The highest BCUT2D eigenvalue weighted by Crippen LogP contribution is 2.28. The van der Waals surface area contributed by atoms with Crippen molar-refractivity contribution >= 4 is 47.5 Å². The van der Waals surface area contributed by atoms with E-state index in [2.05, 4.69) is 20.5 Å². The third-order valence-electron chi connectivity index (χ3n) is 5.11. The van der Waals surface area contributed by atoms with Gasteiger partial charge in [-0.05, 0) is 44.2 Å². The van der Waals surface area contributed by atoms with Crippen LogP contribution in [0.2, 0.25) is 0 Å². The first-order valence-electron chi connectivity index (χ1n) is 9.97. The molecule has 0 radical (unpaired) electrons. The molecule has 9 heteroatoms. The predicted molar refractivity (Wildman–Crippen MR) is 124 cm³/mol. The number of thiazole rings is 1. The molecule has 156 valence electrons. The van der Waals surface area contributed by atoms with Gasteiger partial charge in [-0.1, -0.05) is 48.1 Å². The van der Waals surface area contributed by atoms with Crippen LogP contribution in [0.3, 0.4) is 0 Å². The van der Waals surface area contributed by atoms with Crippen molar-refractivity contribution in [3.8, 4) is 5.88 Å². The fraction of sp³-hybridized carbons (Fsp3) is 0.333. The molecule has 2 aliphatic heterocycles. The number of carbonyl (C=O) groups excluding carboxylic acids is 1.